The van der Waals surface area contributed by atoms with Crippen LogP contribution in [0, 0.1) is 6.92 Å². The van der Waals surface area contributed by atoms with E-state index in [2.05, 4.69) is 53.1 Å². The van der Waals surface area contributed by atoms with Crippen molar-refractivity contribution < 1.29 is 0 Å². The summed E-state index contributed by atoms with van der Waals surface area (Å²) in [5.74, 6) is 2.11. The molecule has 0 bridgehead atoms. The van der Waals surface area contributed by atoms with Crippen molar-refractivity contribution in [1.29, 1.82) is 0 Å². The molecule has 0 aliphatic carbocycles. The molecule has 1 rings (SSSR count). The molecule has 0 amide bonds. The zero-order valence-corrected chi connectivity index (χ0v) is 13.0. The van der Waals surface area contributed by atoms with Gasteiger partial charge in [-0.3, -0.25) is 4.99 Å². The molecule has 0 saturated carbocycles. The van der Waals surface area contributed by atoms with Gasteiger partial charge < -0.3 is 10.6 Å². The molecule has 0 aliphatic heterocycles. The number of aliphatic imine (C=N–C) groups is 1. The second kappa shape index (κ2) is 9.73. The number of nitrogens with one attached hydrogen (secondary N) is 2. The average Bonchev–Trinajstić information content (AvgIpc) is 2.42. The van der Waals surface area contributed by atoms with Gasteiger partial charge in [0.1, 0.15) is 0 Å². The summed E-state index contributed by atoms with van der Waals surface area (Å²) in [5, 5.41) is 6.68. The fraction of sp³-hybridized carbons (Fsp3) is 0.533. The van der Waals surface area contributed by atoms with Crippen molar-refractivity contribution in [1.82, 2.24) is 10.6 Å². The number of hydrogen-bond donors (Lipinski definition) is 2. The summed E-state index contributed by atoms with van der Waals surface area (Å²) < 4.78 is 0. The maximum absolute atomic E-state index is 4.23. The van der Waals surface area contributed by atoms with Gasteiger partial charge in [0.25, 0.3) is 0 Å². The molecule has 0 aliphatic rings. The molecular weight excluding hydrogens is 254 g/mol. The monoisotopic (exact) mass is 279 g/mol. The molecule has 19 heavy (non-hydrogen) atoms. The lowest BCUT2D eigenvalue weighted by molar-refractivity contribution is 0.733. The molecule has 106 valence electrons. The van der Waals surface area contributed by atoms with Crippen LogP contribution in [0.2, 0.25) is 0 Å². The van der Waals surface area contributed by atoms with E-state index in [-0.39, 0.29) is 0 Å². The summed E-state index contributed by atoms with van der Waals surface area (Å²) in [6.07, 6.45) is 4.59. The Morgan fingerprint density at radius 3 is 2.79 bits per heavy atom. The zero-order chi connectivity index (χ0) is 13.9. The Morgan fingerprint density at radius 1 is 1.26 bits per heavy atom. The minimum Gasteiger partial charge on any atom is -0.356 e. The van der Waals surface area contributed by atoms with Gasteiger partial charge in [0.15, 0.2) is 5.96 Å². The van der Waals surface area contributed by atoms with Crippen LogP contribution in [0.25, 0.3) is 0 Å². The van der Waals surface area contributed by atoms with E-state index in [1.165, 1.54) is 29.7 Å². The Bertz CT molecular complexity index is 391. The maximum Gasteiger partial charge on any atom is 0.191 e. The number of thioether (sulfide) groups is 1. The fourth-order valence-corrected chi connectivity index (χ4v) is 2.30. The maximum atomic E-state index is 4.23. The molecule has 0 unspecified atom stereocenters. The second-order valence-corrected chi connectivity index (χ2v) is 5.53. The third-order valence-electron chi connectivity index (χ3n) is 2.83. The lowest BCUT2D eigenvalue weighted by atomic mass is 10.1. The summed E-state index contributed by atoms with van der Waals surface area (Å²) in [4.78, 5) is 4.23. The van der Waals surface area contributed by atoms with Gasteiger partial charge >= 0.3 is 0 Å². The van der Waals surface area contributed by atoms with Crippen LogP contribution in [-0.4, -0.2) is 31.6 Å². The number of aryl methyl sites for hydroxylation is 1. The highest BCUT2D eigenvalue weighted by Gasteiger charge is 1.98. The molecule has 1 aromatic carbocycles. The number of guanidine groups is 1. The zero-order valence-electron chi connectivity index (χ0n) is 12.2. The van der Waals surface area contributed by atoms with Crippen LogP contribution in [0.4, 0.5) is 0 Å². The molecule has 1 aromatic rings. The van der Waals surface area contributed by atoms with E-state index in [1.807, 2.05) is 18.8 Å². The van der Waals surface area contributed by atoms with Crippen molar-refractivity contribution in [3.8, 4) is 0 Å². The quantitative estimate of drug-likeness (QED) is 0.458. The van der Waals surface area contributed by atoms with Gasteiger partial charge in [0.2, 0.25) is 0 Å². The van der Waals surface area contributed by atoms with Crippen LogP contribution in [0.3, 0.4) is 0 Å². The standard InChI is InChI=1S/C15H25N3S/c1-13-7-6-8-14(11-13)12-18-15(16-2)17-9-4-5-10-19-3/h6-8,11H,4-5,9-10,12H2,1-3H3,(H2,16,17,18). The third-order valence-corrected chi connectivity index (χ3v) is 3.53. The first kappa shape index (κ1) is 15.9. The summed E-state index contributed by atoms with van der Waals surface area (Å²) in [7, 11) is 1.81. The van der Waals surface area contributed by atoms with E-state index in [0.717, 1.165) is 19.0 Å². The molecule has 0 spiro atoms. The largest absolute Gasteiger partial charge is 0.356 e. The van der Waals surface area contributed by atoms with E-state index in [4.69, 9.17) is 0 Å². The second-order valence-electron chi connectivity index (χ2n) is 4.54. The van der Waals surface area contributed by atoms with Crippen LogP contribution in [0.1, 0.15) is 24.0 Å². The Balaban J connectivity index is 2.25. The van der Waals surface area contributed by atoms with Gasteiger partial charge in [0.05, 0.1) is 0 Å². The normalized spacial score (nSPS) is 11.4. The van der Waals surface area contributed by atoms with Gasteiger partial charge in [-0.2, -0.15) is 11.8 Å². The van der Waals surface area contributed by atoms with E-state index in [9.17, 15) is 0 Å². The first-order valence-corrected chi connectivity index (χ1v) is 8.14. The van der Waals surface area contributed by atoms with Crippen molar-refractivity contribution >= 4 is 17.7 Å². The summed E-state index contributed by atoms with van der Waals surface area (Å²) in [5.41, 5.74) is 2.57. The number of benzene rings is 1. The molecule has 0 fully saturated rings. The molecule has 0 aromatic heterocycles. The fourth-order valence-electron chi connectivity index (χ4n) is 1.81. The number of rotatable bonds is 7. The van der Waals surface area contributed by atoms with E-state index < -0.39 is 0 Å². The molecule has 0 radical (unpaired) electrons. The Labute approximate surface area is 121 Å². The van der Waals surface area contributed by atoms with E-state index in [0.29, 0.717) is 0 Å². The summed E-state index contributed by atoms with van der Waals surface area (Å²) >= 11 is 1.90. The topological polar surface area (TPSA) is 36.4 Å². The van der Waals surface area contributed by atoms with Gasteiger partial charge in [-0.25, -0.2) is 0 Å². The van der Waals surface area contributed by atoms with E-state index >= 15 is 0 Å². The number of unbranched alkanes of at least 4 members (excludes halogenated alkanes) is 1. The SMILES string of the molecule is CN=C(NCCCCSC)NCc1cccc(C)c1. The van der Waals surface area contributed by atoms with Crippen molar-refractivity contribution in [2.75, 3.05) is 25.6 Å². The lowest BCUT2D eigenvalue weighted by Crippen LogP contribution is -2.37. The minimum absolute atomic E-state index is 0.812. The molecule has 0 heterocycles. The molecule has 3 nitrogen and oxygen atoms in total. The van der Waals surface area contributed by atoms with Crippen LogP contribution in [0.15, 0.2) is 29.3 Å². The van der Waals surface area contributed by atoms with Crippen molar-refractivity contribution in [2.24, 2.45) is 4.99 Å². The highest BCUT2D eigenvalue weighted by atomic mass is 32.2. The summed E-state index contributed by atoms with van der Waals surface area (Å²) in [6, 6.07) is 8.53. The molecule has 4 heteroatoms. The third kappa shape index (κ3) is 7.11. The molecule has 0 saturated heterocycles. The van der Waals surface area contributed by atoms with Crippen molar-refractivity contribution in [2.45, 2.75) is 26.3 Å². The highest BCUT2D eigenvalue weighted by Crippen LogP contribution is 2.03. The number of hydrogen-bond acceptors (Lipinski definition) is 2. The predicted molar refractivity (Wildman–Crippen MR) is 87.0 cm³/mol. The van der Waals surface area contributed by atoms with Crippen molar-refractivity contribution in [3.05, 3.63) is 35.4 Å². The average molecular weight is 279 g/mol. The minimum atomic E-state index is 0.812. The van der Waals surface area contributed by atoms with Gasteiger partial charge in [0, 0.05) is 20.1 Å². The van der Waals surface area contributed by atoms with Crippen LogP contribution in [0.5, 0.6) is 0 Å². The van der Waals surface area contributed by atoms with Crippen LogP contribution in [-0.2, 0) is 6.54 Å². The first-order valence-electron chi connectivity index (χ1n) is 6.75. The molecule has 2 N–H and O–H groups in total. The van der Waals surface area contributed by atoms with Gasteiger partial charge in [-0.15, -0.1) is 0 Å². The molecular formula is C15H25N3S. The molecule has 0 atom stereocenters. The Hall–Kier alpha value is -1.16. The van der Waals surface area contributed by atoms with Crippen LogP contribution >= 0.6 is 11.8 Å². The predicted octanol–water partition coefficient (Wildman–Crippen LogP) is 2.80. The smallest absolute Gasteiger partial charge is 0.191 e. The van der Waals surface area contributed by atoms with Crippen molar-refractivity contribution in [3.63, 3.8) is 0 Å². The van der Waals surface area contributed by atoms with Gasteiger partial charge in [-0.1, -0.05) is 29.8 Å². The Kier molecular flexibility index (Phi) is 8.14. The first-order chi connectivity index (χ1) is 9.26. The Morgan fingerprint density at radius 2 is 2.11 bits per heavy atom. The van der Waals surface area contributed by atoms with Gasteiger partial charge in [-0.05, 0) is 37.3 Å². The summed E-state index contributed by atoms with van der Waals surface area (Å²) in [6.45, 7) is 3.91. The van der Waals surface area contributed by atoms with Crippen LogP contribution < -0.4 is 10.6 Å². The van der Waals surface area contributed by atoms with E-state index in [1.54, 1.807) is 0 Å². The highest BCUT2D eigenvalue weighted by molar-refractivity contribution is 7.98. The number of nitrogens with zero attached hydrogens (tertiary/aromatic N) is 1. The lowest BCUT2D eigenvalue weighted by Gasteiger charge is -2.12.